The summed E-state index contributed by atoms with van der Waals surface area (Å²) in [6.07, 6.45) is 1.22. The Kier molecular flexibility index (Phi) is 4.48. The molecule has 2 aromatic rings. The largest absolute Gasteiger partial charge is 0.478 e. The highest BCUT2D eigenvalue weighted by molar-refractivity contribution is 6.03. The number of hydrogen-bond donors (Lipinski definition) is 1. The number of aryl methyl sites for hydroxylation is 2. The van der Waals surface area contributed by atoms with E-state index in [1.165, 1.54) is 16.4 Å². The van der Waals surface area contributed by atoms with Crippen molar-refractivity contribution < 1.29 is 14.7 Å². The first-order valence-electron chi connectivity index (χ1n) is 8.26. The van der Waals surface area contributed by atoms with Gasteiger partial charge in [0, 0.05) is 38.4 Å². The van der Waals surface area contributed by atoms with Crippen LogP contribution in [0.2, 0.25) is 0 Å². The first-order valence-corrected chi connectivity index (χ1v) is 8.26. The first kappa shape index (κ1) is 17.0. The smallest absolute Gasteiger partial charge is 0.339 e. The number of aromatic nitrogens is 2. The lowest BCUT2D eigenvalue weighted by molar-refractivity contribution is 0.0662. The van der Waals surface area contributed by atoms with Gasteiger partial charge in [-0.05, 0) is 26.0 Å². The van der Waals surface area contributed by atoms with Gasteiger partial charge in [0.15, 0.2) is 0 Å². The van der Waals surface area contributed by atoms with Gasteiger partial charge in [-0.2, -0.15) is 5.10 Å². The molecule has 1 aromatic heterocycles. The minimum atomic E-state index is -1.14. The highest BCUT2D eigenvalue weighted by Gasteiger charge is 2.31. The summed E-state index contributed by atoms with van der Waals surface area (Å²) in [6.45, 7) is 5.91. The number of carboxylic acid groups (broad SMARTS) is 1. The summed E-state index contributed by atoms with van der Waals surface area (Å²) in [6, 6.07) is 8.48. The lowest BCUT2D eigenvalue weighted by atomic mass is 10.1. The molecule has 1 fully saturated rings. The van der Waals surface area contributed by atoms with Crippen molar-refractivity contribution in [3.63, 3.8) is 0 Å². The third-order valence-corrected chi connectivity index (χ3v) is 4.65. The van der Waals surface area contributed by atoms with Crippen LogP contribution in [0.1, 0.15) is 33.3 Å². The number of benzene rings is 1. The zero-order chi connectivity index (χ0) is 18.1. The van der Waals surface area contributed by atoms with Crippen LogP contribution in [-0.4, -0.2) is 57.3 Å². The van der Waals surface area contributed by atoms with E-state index in [0.29, 0.717) is 19.6 Å². The van der Waals surface area contributed by atoms with E-state index in [1.807, 2.05) is 0 Å². The Morgan fingerprint density at radius 2 is 1.88 bits per heavy atom. The Bertz CT molecular complexity index is 797. The number of carbonyl (C=O) groups excluding carboxylic acids is 1. The number of anilines is 1. The molecule has 0 aliphatic carbocycles. The predicted molar refractivity (Wildman–Crippen MR) is 94.1 cm³/mol. The summed E-state index contributed by atoms with van der Waals surface area (Å²) in [7, 11) is 1.59. The summed E-state index contributed by atoms with van der Waals surface area (Å²) >= 11 is 0. The fourth-order valence-corrected chi connectivity index (χ4v) is 3.26. The SMILES string of the molecule is Cc1ccc(N2CCN(C(=O)c3c(C(=O)O)cnn3C)CC2C)cc1. The number of rotatable bonds is 3. The molecule has 1 aliphatic heterocycles. The monoisotopic (exact) mass is 342 g/mol. The molecule has 1 atom stereocenters. The molecule has 1 amide bonds. The standard InChI is InChI=1S/C18H22N4O3/c1-12-4-6-14(7-5-12)22-9-8-21(11-13(22)2)17(23)16-15(18(24)25)10-19-20(16)3/h4-7,10,13H,8-9,11H2,1-3H3,(H,24,25). The van der Waals surface area contributed by atoms with Gasteiger partial charge in [0.05, 0.1) is 6.20 Å². The molecule has 7 heteroatoms. The van der Waals surface area contributed by atoms with Gasteiger partial charge >= 0.3 is 5.97 Å². The molecule has 2 heterocycles. The molecule has 25 heavy (non-hydrogen) atoms. The van der Waals surface area contributed by atoms with E-state index >= 15 is 0 Å². The van der Waals surface area contributed by atoms with E-state index < -0.39 is 5.97 Å². The third-order valence-electron chi connectivity index (χ3n) is 4.65. The molecule has 1 N–H and O–H groups in total. The molecule has 0 spiro atoms. The van der Waals surface area contributed by atoms with Crippen LogP contribution in [-0.2, 0) is 7.05 Å². The molecule has 0 bridgehead atoms. The van der Waals surface area contributed by atoms with Gasteiger partial charge in [-0.1, -0.05) is 17.7 Å². The van der Waals surface area contributed by atoms with E-state index in [-0.39, 0.29) is 23.2 Å². The molecule has 1 unspecified atom stereocenters. The zero-order valence-corrected chi connectivity index (χ0v) is 14.6. The minimum absolute atomic E-state index is 0.0545. The van der Waals surface area contributed by atoms with Gasteiger partial charge in [-0.3, -0.25) is 9.48 Å². The molecule has 132 valence electrons. The third kappa shape index (κ3) is 3.22. The lowest BCUT2D eigenvalue weighted by Crippen LogP contribution is -2.54. The number of aromatic carboxylic acids is 1. The molecular weight excluding hydrogens is 320 g/mol. The summed E-state index contributed by atoms with van der Waals surface area (Å²) in [5.41, 5.74) is 2.42. The fraction of sp³-hybridized carbons (Fsp3) is 0.389. The quantitative estimate of drug-likeness (QED) is 0.920. The van der Waals surface area contributed by atoms with Crippen molar-refractivity contribution in [2.45, 2.75) is 19.9 Å². The van der Waals surface area contributed by atoms with Gasteiger partial charge < -0.3 is 14.9 Å². The van der Waals surface area contributed by atoms with Crippen LogP contribution in [0.4, 0.5) is 5.69 Å². The van der Waals surface area contributed by atoms with Crippen LogP contribution >= 0.6 is 0 Å². The van der Waals surface area contributed by atoms with Crippen LogP contribution < -0.4 is 4.90 Å². The maximum absolute atomic E-state index is 12.8. The zero-order valence-electron chi connectivity index (χ0n) is 14.6. The number of carboxylic acids is 1. The molecule has 1 saturated heterocycles. The highest BCUT2D eigenvalue weighted by Crippen LogP contribution is 2.22. The van der Waals surface area contributed by atoms with Crippen molar-refractivity contribution in [3.8, 4) is 0 Å². The Balaban J connectivity index is 1.77. The molecule has 1 aliphatic rings. The molecule has 1 aromatic carbocycles. The molecule has 3 rings (SSSR count). The van der Waals surface area contributed by atoms with Crippen LogP contribution in [0.5, 0.6) is 0 Å². The van der Waals surface area contributed by atoms with Gasteiger partial charge in [0.25, 0.3) is 5.91 Å². The van der Waals surface area contributed by atoms with E-state index in [2.05, 4.69) is 48.1 Å². The minimum Gasteiger partial charge on any atom is -0.478 e. The fourth-order valence-electron chi connectivity index (χ4n) is 3.26. The number of piperazine rings is 1. The number of hydrogen-bond acceptors (Lipinski definition) is 4. The summed E-state index contributed by atoms with van der Waals surface area (Å²) in [5, 5.41) is 13.2. The van der Waals surface area contributed by atoms with Gasteiger partial charge in [0.1, 0.15) is 11.3 Å². The van der Waals surface area contributed by atoms with Gasteiger partial charge in [-0.15, -0.1) is 0 Å². The first-order chi connectivity index (χ1) is 11.9. The average Bonchev–Trinajstić information content (AvgIpc) is 2.97. The normalized spacial score (nSPS) is 17.6. The predicted octanol–water partition coefficient (Wildman–Crippen LogP) is 1.78. The van der Waals surface area contributed by atoms with Crippen molar-refractivity contribution in [1.82, 2.24) is 14.7 Å². The van der Waals surface area contributed by atoms with Crippen molar-refractivity contribution >= 4 is 17.6 Å². The lowest BCUT2D eigenvalue weighted by Gasteiger charge is -2.41. The Labute approximate surface area is 146 Å². The molecule has 0 saturated carbocycles. The van der Waals surface area contributed by atoms with Crippen molar-refractivity contribution in [2.75, 3.05) is 24.5 Å². The number of amides is 1. The summed E-state index contributed by atoms with van der Waals surface area (Å²) in [5.74, 6) is -1.42. The Morgan fingerprint density at radius 1 is 1.20 bits per heavy atom. The van der Waals surface area contributed by atoms with E-state index in [9.17, 15) is 14.7 Å². The maximum atomic E-state index is 12.8. The van der Waals surface area contributed by atoms with E-state index in [4.69, 9.17) is 0 Å². The highest BCUT2D eigenvalue weighted by atomic mass is 16.4. The van der Waals surface area contributed by atoms with Crippen LogP contribution in [0.25, 0.3) is 0 Å². The second-order valence-corrected chi connectivity index (χ2v) is 6.46. The van der Waals surface area contributed by atoms with Crippen LogP contribution in [0.15, 0.2) is 30.5 Å². The summed E-state index contributed by atoms with van der Waals surface area (Å²) < 4.78 is 1.34. The number of nitrogens with zero attached hydrogens (tertiary/aromatic N) is 4. The molecule has 7 nitrogen and oxygen atoms in total. The Hall–Kier alpha value is -2.83. The second kappa shape index (κ2) is 6.58. The average molecular weight is 342 g/mol. The second-order valence-electron chi connectivity index (χ2n) is 6.46. The number of carbonyl (C=O) groups is 2. The van der Waals surface area contributed by atoms with E-state index in [0.717, 1.165) is 5.69 Å². The van der Waals surface area contributed by atoms with Crippen LogP contribution in [0.3, 0.4) is 0 Å². The Morgan fingerprint density at radius 3 is 2.48 bits per heavy atom. The maximum Gasteiger partial charge on any atom is 0.339 e. The van der Waals surface area contributed by atoms with Crippen molar-refractivity contribution in [2.24, 2.45) is 7.05 Å². The molecule has 0 radical (unpaired) electrons. The van der Waals surface area contributed by atoms with Crippen LogP contribution in [0, 0.1) is 6.92 Å². The van der Waals surface area contributed by atoms with Gasteiger partial charge in [0.2, 0.25) is 0 Å². The molecular formula is C18H22N4O3. The van der Waals surface area contributed by atoms with Crippen molar-refractivity contribution in [3.05, 3.63) is 47.3 Å². The summed E-state index contributed by atoms with van der Waals surface area (Å²) in [4.78, 5) is 28.1. The van der Waals surface area contributed by atoms with E-state index in [1.54, 1.807) is 11.9 Å². The van der Waals surface area contributed by atoms with Gasteiger partial charge in [-0.25, -0.2) is 4.79 Å². The van der Waals surface area contributed by atoms with Crippen molar-refractivity contribution in [1.29, 1.82) is 0 Å². The topological polar surface area (TPSA) is 78.7 Å².